The highest BCUT2D eigenvalue weighted by Gasteiger charge is 2.30. The molecule has 1 nitrogen and oxygen atoms in total. The molecule has 16 heavy (non-hydrogen) atoms. The molecule has 1 aromatic rings. The van der Waals surface area contributed by atoms with Crippen LogP contribution in [0.4, 0.5) is 13.2 Å². The van der Waals surface area contributed by atoms with Crippen LogP contribution in [0, 0.1) is 0 Å². The average Bonchev–Trinajstić information content (AvgIpc) is 2.26. The zero-order valence-electron chi connectivity index (χ0n) is 9.25. The summed E-state index contributed by atoms with van der Waals surface area (Å²) in [6, 6.07) is 5.20. The van der Waals surface area contributed by atoms with Crippen LogP contribution in [0.3, 0.4) is 0 Å². The second-order valence-electron chi connectivity index (χ2n) is 3.64. The first-order valence-electron chi connectivity index (χ1n) is 4.88. The zero-order valence-corrected chi connectivity index (χ0v) is 9.25. The largest absolute Gasteiger partial charge is 0.416 e. The van der Waals surface area contributed by atoms with Crippen molar-refractivity contribution in [3.8, 4) is 0 Å². The van der Waals surface area contributed by atoms with Gasteiger partial charge in [0.05, 0.1) is 11.6 Å². The summed E-state index contributed by atoms with van der Waals surface area (Å²) in [5.41, 5.74) is 0.208. The quantitative estimate of drug-likeness (QED) is 0.761. The predicted molar refractivity (Wildman–Crippen MR) is 57.8 cm³/mol. The van der Waals surface area contributed by atoms with Crippen LogP contribution in [-0.4, -0.2) is 11.9 Å². The molecule has 0 bridgehead atoms. The molecule has 0 saturated heterocycles. The van der Waals surface area contributed by atoms with Crippen molar-refractivity contribution in [2.75, 3.05) is 7.05 Å². The lowest BCUT2D eigenvalue weighted by Crippen LogP contribution is -2.15. The van der Waals surface area contributed by atoms with E-state index in [1.54, 1.807) is 6.20 Å². The lowest BCUT2D eigenvalue weighted by atomic mass is 10.1. The van der Waals surface area contributed by atoms with Crippen LogP contribution in [0.1, 0.15) is 24.1 Å². The van der Waals surface area contributed by atoms with E-state index >= 15 is 0 Å². The summed E-state index contributed by atoms with van der Waals surface area (Å²) < 4.78 is 37.0. The number of nitrogens with zero attached hydrogens (tertiary/aromatic N) is 1. The van der Waals surface area contributed by atoms with E-state index in [0.29, 0.717) is 0 Å². The molecule has 0 unspecified atom stereocenters. The third kappa shape index (κ3) is 2.78. The van der Waals surface area contributed by atoms with E-state index in [9.17, 15) is 13.2 Å². The van der Waals surface area contributed by atoms with Crippen molar-refractivity contribution in [2.24, 2.45) is 0 Å². The third-order valence-electron chi connectivity index (χ3n) is 2.62. The van der Waals surface area contributed by atoms with Crippen molar-refractivity contribution in [3.63, 3.8) is 0 Å². The van der Waals surface area contributed by atoms with Crippen molar-refractivity contribution in [1.82, 2.24) is 4.90 Å². The van der Waals surface area contributed by atoms with Crippen molar-refractivity contribution >= 4 is 0 Å². The van der Waals surface area contributed by atoms with Gasteiger partial charge in [-0.3, -0.25) is 0 Å². The van der Waals surface area contributed by atoms with Crippen LogP contribution in [0.5, 0.6) is 0 Å². The predicted octanol–water partition coefficient (Wildman–Crippen LogP) is 3.84. The van der Waals surface area contributed by atoms with Gasteiger partial charge in [-0.15, -0.1) is 0 Å². The molecule has 0 N–H and O–H groups in total. The van der Waals surface area contributed by atoms with Crippen LogP contribution in [0.15, 0.2) is 37.0 Å². The molecular weight excluding hydrogens is 215 g/mol. The van der Waals surface area contributed by atoms with E-state index < -0.39 is 11.7 Å². The molecule has 0 spiro atoms. The first-order valence-corrected chi connectivity index (χ1v) is 4.88. The van der Waals surface area contributed by atoms with E-state index in [4.69, 9.17) is 0 Å². The molecule has 0 saturated carbocycles. The van der Waals surface area contributed by atoms with Gasteiger partial charge < -0.3 is 4.90 Å². The van der Waals surface area contributed by atoms with Gasteiger partial charge in [0.25, 0.3) is 0 Å². The Morgan fingerprint density at radius 1 is 1.25 bits per heavy atom. The van der Waals surface area contributed by atoms with Crippen LogP contribution < -0.4 is 0 Å². The molecule has 0 fully saturated rings. The van der Waals surface area contributed by atoms with E-state index in [2.05, 4.69) is 6.58 Å². The maximum Gasteiger partial charge on any atom is 0.416 e. The molecule has 4 heteroatoms. The Hall–Kier alpha value is -1.45. The molecule has 0 aliphatic rings. The monoisotopic (exact) mass is 229 g/mol. The smallest absolute Gasteiger partial charge is 0.374 e. The molecule has 0 heterocycles. The van der Waals surface area contributed by atoms with E-state index in [-0.39, 0.29) is 6.04 Å². The molecule has 1 rings (SSSR count). The van der Waals surface area contributed by atoms with Gasteiger partial charge in [-0.25, -0.2) is 0 Å². The van der Waals surface area contributed by atoms with Gasteiger partial charge >= 0.3 is 6.18 Å². The Balaban J connectivity index is 2.91. The lowest BCUT2D eigenvalue weighted by molar-refractivity contribution is -0.137. The molecule has 1 aromatic carbocycles. The molecule has 0 aromatic heterocycles. The summed E-state index contributed by atoms with van der Waals surface area (Å²) in [6.07, 6.45) is -2.63. The van der Waals surface area contributed by atoms with Crippen molar-refractivity contribution in [3.05, 3.63) is 48.2 Å². The Bertz CT molecular complexity index is 354. The maximum absolute atomic E-state index is 12.3. The summed E-state index contributed by atoms with van der Waals surface area (Å²) in [5, 5.41) is 0. The summed E-state index contributed by atoms with van der Waals surface area (Å²) in [7, 11) is 1.83. The SMILES string of the molecule is C=CN(C)[C@H](C)c1ccc(C(F)(F)F)cc1. The summed E-state index contributed by atoms with van der Waals surface area (Å²) in [4.78, 5) is 1.84. The van der Waals surface area contributed by atoms with Crippen molar-refractivity contribution in [1.29, 1.82) is 0 Å². The highest BCUT2D eigenvalue weighted by atomic mass is 19.4. The molecule has 88 valence electrons. The number of benzene rings is 1. The Kier molecular flexibility index (Phi) is 3.62. The van der Waals surface area contributed by atoms with Crippen molar-refractivity contribution in [2.45, 2.75) is 19.1 Å². The van der Waals surface area contributed by atoms with Gasteiger partial charge in [0.1, 0.15) is 0 Å². The van der Waals surface area contributed by atoms with Gasteiger partial charge in [-0.2, -0.15) is 13.2 Å². The first kappa shape index (κ1) is 12.6. The summed E-state index contributed by atoms with van der Waals surface area (Å²) in [6.45, 7) is 5.52. The Labute approximate surface area is 93.2 Å². The number of hydrogen-bond acceptors (Lipinski definition) is 1. The minimum Gasteiger partial charge on any atom is -0.374 e. The molecular formula is C12H14F3N. The first-order chi connectivity index (χ1) is 7.36. The molecule has 0 radical (unpaired) electrons. The molecule has 0 aliphatic carbocycles. The summed E-state index contributed by atoms with van der Waals surface area (Å²) in [5.74, 6) is 0. The topological polar surface area (TPSA) is 3.24 Å². The van der Waals surface area contributed by atoms with Crippen LogP contribution in [-0.2, 0) is 6.18 Å². The van der Waals surface area contributed by atoms with Crippen LogP contribution in [0.2, 0.25) is 0 Å². The molecule has 0 aliphatic heterocycles. The summed E-state index contributed by atoms with van der Waals surface area (Å²) >= 11 is 0. The minimum atomic E-state index is -4.27. The number of rotatable bonds is 3. The Morgan fingerprint density at radius 3 is 2.12 bits per heavy atom. The van der Waals surface area contributed by atoms with Gasteiger partial charge in [-0.05, 0) is 30.8 Å². The van der Waals surface area contributed by atoms with Gasteiger partial charge in [-0.1, -0.05) is 18.7 Å². The number of alkyl halides is 3. The standard InChI is InChI=1S/C12H14F3N/c1-4-16(3)9(2)10-5-7-11(8-6-10)12(13,14)15/h4-9H,1H2,2-3H3/t9-/m1/s1. The van der Waals surface area contributed by atoms with Gasteiger partial charge in [0, 0.05) is 7.05 Å². The normalized spacial score (nSPS) is 13.3. The zero-order chi connectivity index (χ0) is 12.3. The van der Waals surface area contributed by atoms with Gasteiger partial charge in [0.2, 0.25) is 0 Å². The second kappa shape index (κ2) is 4.60. The number of hydrogen-bond donors (Lipinski definition) is 0. The van der Waals surface area contributed by atoms with E-state index in [0.717, 1.165) is 17.7 Å². The highest BCUT2D eigenvalue weighted by Crippen LogP contribution is 2.30. The fraction of sp³-hybridized carbons (Fsp3) is 0.333. The number of halogens is 3. The van der Waals surface area contributed by atoms with E-state index in [1.165, 1.54) is 12.1 Å². The fourth-order valence-corrected chi connectivity index (χ4v) is 1.34. The molecule has 1 atom stereocenters. The van der Waals surface area contributed by atoms with E-state index in [1.807, 2.05) is 18.9 Å². The third-order valence-corrected chi connectivity index (χ3v) is 2.62. The van der Waals surface area contributed by atoms with Crippen molar-refractivity contribution < 1.29 is 13.2 Å². The fourth-order valence-electron chi connectivity index (χ4n) is 1.34. The van der Waals surface area contributed by atoms with Crippen LogP contribution >= 0.6 is 0 Å². The minimum absolute atomic E-state index is 0.0137. The maximum atomic E-state index is 12.3. The highest BCUT2D eigenvalue weighted by molar-refractivity contribution is 5.26. The van der Waals surface area contributed by atoms with Gasteiger partial charge in [0.15, 0.2) is 0 Å². The lowest BCUT2D eigenvalue weighted by Gasteiger charge is -2.23. The second-order valence-corrected chi connectivity index (χ2v) is 3.64. The average molecular weight is 229 g/mol. The molecule has 0 amide bonds. The van der Waals surface area contributed by atoms with Crippen LogP contribution in [0.25, 0.3) is 0 Å². The Morgan fingerprint density at radius 2 is 1.75 bits per heavy atom.